The highest BCUT2D eigenvalue weighted by molar-refractivity contribution is 9.09. The van der Waals surface area contributed by atoms with Crippen LogP contribution < -0.4 is 0 Å². The van der Waals surface area contributed by atoms with E-state index in [1.165, 1.54) is 5.57 Å². The molecule has 104 valence electrons. The van der Waals surface area contributed by atoms with E-state index in [0.717, 1.165) is 12.8 Å². The molecule has 0 unspecified atom stereocenters. The van der Waals surface area contributed by atoms with E-state index in [1.54, 1.807) is 0 Å². The monoisotopic (exact) mass is 316 g/mol. The number of hydrogen-bond acceptors (Lipinski definition) is 2. The van der Waals surface area contributed by atoms with Crippen LogP contribution in [-0.2, 0) is 9.47 Å². The quantitative estimate of drug-likeness (QED) is 0.574. The molecule has 2 saturated heterocycles. The van der Waals surface area contributed by atoms with Gasteiger partial charge in [0.05, 0.1) is 23.9 Å². The molecule has 2 heterocycles. The third-order valence-corrected chi connectivity index (χ3v) is 5.59. The molecule has 0 saturated carbocycles. The smallest absolute Gasteiger partial charge is 0.0936 e. The first kappa shape index (κ1) is 14.5. The number of halogens is 1. The summed E-state index contributed by atoms with van der Waals surface area (Å²) in [7, 11) is 0. The fourth-order valence-electron chi connectivity index (χ4n) is 3.22. The highest BCUT2D eigenvalue weighted by Crippen LogP contribution is 2.57. The minimum Gasteiger partial charge on any atom is -0.371 e. The molecule has 0 aromatic heterocycles. The molecular weight excluding hydrogens is 292 g/mol. The summed E-state index contributed by atoms with van der Waals surface area (Å²) in [6.07, 6.45) is 4.42. The highest BCUT2D eigenvalue weighted by atomic mass is 79.9. The van der Waals surface area contributed by atoms with E-state index in [2.05, 4.69) is 56.6 Å². The maximum absolute atomic E-state index is 6.40. The fourth-order valence-corrected chi connectivity index (χ4v) is 4.67. The maximum atomic E-state index is 6.40. The lowest BCUT2D eigenvalue weighted by molar-refractivity contribution is -0.0892. The van der Waals surface area contributed by atoms with E-state index in [9.17, 15) is 0 Å². The molecule has 0 spiro atoms. The van der Waals surface area contributed by atoms with Crippen LogP contribution in [0.2, 0.25) is 0 Å². The Labute approximate surface area is 119 Å². The zero-order valence-corrected chi connectivity index (χ0v) is 13.7. The third-order valence-electron chi connectivity index (χ3n) is 4.49. The standard InChI is InChI=1S/C15H25BrO2/c1-10(2)6-7-17-13-9-15(11(3)4)12(16)8-14(13,5)18-15/h6,11-13H,7-9H2,1-5H3/t12-,13+,14-,15+/m0/s1. The van der Waals surface area contributed by atoms with Gasteiger partial charge in [-0.05, 0) is 33.1 Å². The van der Waals surface area contributed by atoms with Crippen LogP contribution in [-0.4, -0.2) is 28.7 Å². The zero-order chi connectivity index (χ0) is 13.6. The molecule has 2 aliphatic rings. The molecule has 4 atom stereocenters. The van der Waals surface area contributed by atoms with Crippen LogP contribution in [0.4, 0.5) is 0 Å². The van der Waals surface area contributed by atoms with Crippen molar-refractivity contribution in [1.82, 2.24) is 0 Å². The van der Waals surface area contributed by atoms with E-state index >= 15 is 0 Å². The summed E-state index contributed by atoms with van der Waals surface area (Å²) in [4.78, 5) is 0.457. The lowest BCUT2D eigenvalue weighted by atomic mass is 9.75. The molecule has 2 fully saturated rings. The molecule has 2 nitrogen and oxygen atoms in total. The third kappa shape index (κ3) is 2.30. The Balaban J connectivity index is 2.07. The Morgan fingerprint density at radius 2 is 2.11 bits per heavy atom. The number of alkyl halides is 1. The van der Waals surface area contributed by atoms with Gasteiger partial charge in [-0.2, -0.15) is 0 Å². The molecule has 2 bridgehead atoms. The number of hydrogen-bond donors (Lipinski definition) is 0. The fraction of sp³-hybridized carbons (Fsp3) is 0.867. The lowest BCUT2D eigenvalue weighted by Gasteiger charge is -2.35. The SMILES string of the molecule is CC(C)=CCO[C@@H]1C[C@]2(C(C)C)O[C@@]1(C)C[C@@H]2Br. The maximum Gasteiger partial charge on any atom is 0.0936 e. The second-order valence-electron chi connectivity index (χ2n) is 6.50. The first-order valence-electron chi connectivity index (χ1n) is 6.89. The molecule has 0 aromatic carbocycles. The summed E-state index contributed by atoms with van der Waals surface area (Å²) in [5, 5.41) is 0. The molecule has 0 aliphatic carbocycles. The van der Waals surface area contributed by atoms with E-state index in [0.29, 0.717) is 17.4 Å². The van der Waals surface area contributed by atoms with Gasteiger partial charge in [0.2, 0.25) is 0 Å². The summed E-state index contributed by atoms with van der Waals surface area (Å²) < 4.78 is 12.5. The summed E-state index contributed by atoms with van der Waals surface area (Å²) in [5.74, 6) is 0.515. The van der Waals surface area contributed by atoms with Crippen molar-refractivity contribution in [3.05, 3.63) is 11.6 Å². The van der Waals surface area contributed by atoms with Gasteiger partial charge >= 0.3 is 0 Å². The number of rotatable bonds is 4. The predicted molar refractivity (Wildman–Crippen MR) is 78.2 cm³/mol. The van der Waals surface area contributed by atoms with Gasteiger partial charge in [0.25, 0.3) is 0 Å². The predicted octanol–water partition coefficient (Wildman–Crippen LogP) is 4.08. The lowest BCUT2D eigenvalue weighted by Crippen LogP contribution is -2.45. The molecule has 3 heteroatoms. The Morgan fingerprint density at radius 1 is 1.44 bits per heavy atom. The number of ether oxygens (including phenoxy) is 2. The zero-order valence-electron chi connectivity index (χ0n) is 12.1. The van der Waals surface area contributed by atoms with Gasteiger partial charge < -0.3 is 9.47 Å². The van der Waals surface area contributed by atoms with Gasteiger partial charge in [-0.15, -0.1) is 0 Å². The van der Waals surface area contributed by atoms with Crippen molar-refractivity contribution in [2.75, 3.05) is 6.61 Å². The van der Waals surface area contributed by atoms with Gasteiger partial charge in [-0.1, -0.05) is 41.4 Å². The normalized spacial score (nSPS) is 42.6. The second kappa shape index (κ2) is 4.92. The molecular formula is C15H25BrO2. The average molecular weight is 317 g/mol. The van der Waals surface area contributed by atoms with E-state index in [1.807, 2.05) is 0 Å². The average Bonchev–Trinajstić information content (AvgIpc) is 2.66. The molecule has 0 aromatic rings. The van der Waals surface area contributed by atoms with Crippen molar-refractivity contribution < 1.29 is 9.47 Å². The van der Waals surface area contributed by atoms with Crippen molar-refractivity contribution >= 4 is 15.9 Å². The Hall–Kier alpha value is 0.140. The number of fused-ring (bicyclic) bond motifs is 2. The van der Waals surface area contributed by atoms with Crippen LogP contribution in [0.25, 0.3) is 0 Å². The molecule has 0 amide bonds. The minimum atomic E-state index is -0.117. The van der Waals surface area contributed by atoms with Crippen molar-refractivity contribution in [1.29, 1.82) is 0 Å². The highest BCUT2D eigenvalue weighted by Gasteiger charge is 2.65. The Bertz CT molecular complexity index is 348. The van der Waals surface area contributed by atoms with Gasteiger partial charge in [-0.3, -0.25) is 0 Å². The molecule has 2 rings (SSSR count). The van der Waals surface area contributed by atoms with Crippen molar-refractivity contribution in [2.45, 2.75) is 69.6 Å². The Morgan fingerprint density at radius 3 is 2.61 bits per heavy atom. The second-order valence-corrected chi connectivity index (χ2v) is 7.61. The molecule has 0 N–H and O–H groups in total. The van der Waals surface area contributed by atoms with E-state index < -0.39 is 0 Å². The largest absolute Gasteiger partial charge is 0.371 e. The minimum absolute atomic E-state index is 0.0373. The summed E-state index contributed by atoms with van der Waals surface area (Å²) in [6, 6.07) is 0. The van der Waals surface area contributed by atoms with Crippen LogP contribution in [0.1, 0.15) is 47.5 Å². The first-order chi connectivity index (χ1) is 8.30. The molecule has 2 aliphatic heterocycles. The van der Waals surface area contributed by atoms with Crippen LogP contribution in [0.5, 0.6) is 0 Å². The summed E-state index contributed by atoms with van der Waals surface area (Å²) >= 11 is 3.81. The topological polar surface area (TPSA) is 18.5 Å². The van der Waals surface area contributed by atoms with Crippen LogP contribution in [0.3, 0.4) is 0 Å². The van der Waals surface area contributed by atoms with E-state index in [-0.39, 0.29) is 17.3 Å². The summed E-state index contributed by atoms with van der Waals surface area (Å²) in [5.41, 5.74) is 1.15. The van der Waals surface area contributed by atoms with E-state index in [4.69, 9.17) is 9.47 Å². The summed E-state index contributed by atoms with van der Waals surface area (Å²) in [6.45, 7) is 11.6. The van der Waals surface area contributed by atoms with Crippen molar-refractivity contribution in [3.63, 3.8) is 0 Å². The van der Waals surface area contributed by atoms with Gasteiger partial charge in [0, 0.05) is 11.2 Å². The van der Waals surface area contributed by atoms with Crippen LogP contribution in [0, 0.1) is 5.92 Å². The molecule has 18 heavy (non-hydrogen) atoms. The van der Waals surface area contributed by atoms with Gasteiger partial charge in [-0.25, -0.2) is 0 Å². The van der Waals surface area contributed by atoms with Crippen LogP contribution >= 0.6 is 15.9 Å². The first-order valence-corrected chi connectivity index (χ1v) is 7.81. The number of allylic oxidation sites excluding steroid dienone is 1. The van der Waals surface area contributed by atoms with Crippen molar-refractivity contribution in [3.8, 4) is 0 Å². The van der Waals surface area contributed by atoms with Gasteiger partial charge in [0.15, 0.2) is 0 Å². The molecule has 0 radical (unpaired) electrons. The van der Waals surface area contributed by atoms with Gasteiger partial charge in [0.1, 0.15) is 0 Å². The van der Waals surface area contributed by atoms with Crippen LogP contribution in [0.15, 0.2) is 11.6 Å². The van der Waals surface area contributed by atoms with Crippen molar-refractivity contribution in [2.24, 2.45) is 5.92 Å². The Kier molecular flexibility index (Phi) is 3.97.